The molecule has 1 amide bonds. The first-order chi connectivity index (χ1) is 8.49. The van der Waals surface area contributed by atoms with Gasteiger partial charge < -0.3 is 9.80 Å². The summed E-state index contributed by atoms with van der Waals surface area (Å²) in [5.41, 5.74) is 0.498. The molecule has 2 rings (SSSR count). The van der Waals surface area contributed by atoms with E-state index in [1.807, 2.05) is 4.90 Å². The molecular formula is C13H17FN2OS. The third-order valence-corrected chi connectivity index (χ3v) is 3.78. The van der Waals surface area contributed by atoms with E-state index in [-0.39, 0.29) is 10.8 Å². The Morgan fingerprint density at radius 1 is 1.44 bits per heavy atom. The molecule has 5 heteroatoms. The number of rotatable bonds is 1. The maximum Gasteiger partial charge on any atom is 0.253 e. The van der Waals surface area contributed by atoms with E-state index >= 15 is 0 Å². The van der Waals surface area contributed by atoms with E-state index < -0.39 is 5.82 Å². The van der Waals surface area contributed by atoms with Crippen LogP contribution in [0.15, 0.2) is 23.1 Å². The fourth-order valence-electron chi connectivity index (χ4n) is 2.06. The molecule has 1 unspecified atom stereocenters. The fourth-order valence-corrected chi connectivity index (χ4v) is 2.27. The van der Waals surface area contributed by atoms with Crippen molar-refractivity contribution in [2.45, 2.75) is 17.9 Å². The van der Waals surface area contributed by atoms with Gasteiger partial charge in [0.1, 0.15) is 5.82 Å². The normalized spacial score (nSPS) is 21.1. The molecule has 0 aromatic heterocycles. The van der Waals surface area contributed by atoms with E-state index in [0.717, 1.165) is 6.54 Å². The smallest absolute Gasteiger partial charge is 0.253 e. The number of nitrogens with zero attached hydrogens (tertiary/aromatic N) is 2. The molecule has 1 aromatic rings. The number of hydrogen-bond acceptors (Lipinski definition) is 3. The summed E-state index contributed by atoms with van der Waals surface area (Å²) in [7, 11) is 2.05. The third kappa shape index (κ3) is 2.67. The second-order valence-electron chi connectivity index (χ2n) is 4.75. The van der Waals surface area contributed by atoms with E-state index in [1.54, 1.807) is 0 Å². The first-order valence-corrected chi connectivity index (χ1v) is 6.42. The molecule has 18 heavy (non-hydrogen) atoms. The van der Waals surface area contributed by atoms with Crippen LogP contribution < -0.4 is 0 Å². The van der Waals surface area contributed by atoms with Gasteiger partial charge in [-0.3, -0.25) is 4.79 Å². The molecule has 1 atom stereocenters. The maximum atomic E-state index is 13.1. The van der Waals surface area contributed by atoms with Crippen molar-refractivity contribution in [3.8, 4) is 0 Å². The molecule has 1 fully saturated rings. The van der Waals surface area contributed by atoms with Gasteiger partial charge in [-0.05, 0) is 32.2 Å². The van der Waals surface area contributed by atoms with Crippen LogP contribution >= 0.6 is 12.6 Å². The quantitative estimate of drug-likeness (QED) is 0.786. The number of amides is 1. The van der Waals surface area contributed by atoms with Gasteiger partial charge in [-0.1, -0.05) is 0 Å². The first-order valence-electron chi connectivity index (χ1n) is 5.97. The predicted octanol–water partition coefficient (Wildman–Crippen LogP) is 1.89. The van der Waals surface area contributed by atoms with Crippen LogP contribution in [0.5, 0.6) is 0 Å². The van der Waals surface area contributed by atoms with Crippen LogP contribution in [-0.4, -0.2) is 48.4 Å². The Morgan fingerprint density at radius 2 is 2.17 bits per heavy atom. The van der Waals surface area contributed by atoms with Gasteiger partial charge in [0.05, 0.1) is 0 Å². The van der Waals surface area contributed by atoms with Gasteiger partial charge in [0, 0.05) is 36.1 Å². The second kappa shape index (κ2) is 5.28. The highest BCUT2D eigenvalue weighted by Crippen LogP contribution is 2.17. The van der Waals surface area contributed by atoms with Crippen LogP contribution in [0.3, 0.4) is 0 Å². The Labute approximate surface area is 112 Å². The van der Waals surface area contributed by atoms with Gasteiger partial charge in [0.15, 0.2) is 0 Å². The molecule has 1 aromatic carbocycles. The lowest BCUT2D eigenvalue weighted by Crippen LogP contribution is -2.52. The minimum absolute atomic E-state index is 0.0507. The average molecular weight is 268 g/mol. The molecule has 0 radical (unpaired) electrons. The third-order valence-electron chi connectivity index (χ3n) is 3.44. The number of piperazine rings is 1. The van der Waals surface area contributed by atoms with Crippen molar-refractivity contribution in [1.82, 2.24) is 9.80 Å². The summed E-state index contributed by atoms with van der Waals surface area (Å²) in [6.45, 7) is 4.36. The fraction of sp³-hybridized carbons (Fsp3) is 0.462. The SMILES string of the molecule is CC1CN(C(=O)c2ccc(F)c(S)c2)CCN1C. The summed E-state index contributed by atoms with van der Waals surface area (Å²) < 4.78 is 13.1. The zero-order valence-electron chi connectivity index (χ0n) is 10.6. The van der Waals surface area contributed by atoms with E-state index in [2.05, 4.69) is 31.5 Å². The van der Waals surface area contributed by atoms with Gasteiger partial charge in [0.25, 0.3) is 5.91 Å². The van der Waals surface area contributed by atoms with Crippen molar-refractivity contribution in [2.75, 3.05) is 26.7 Å². The zero-order valence-corrected chi connectivity index (χ0v) is 11.5. The number of halogens is 1. The maximum absolute atomic E-state index is 13.1. The Hall–Kier alpha value is -1.07. The molecule has 1 aliphatic rings. The van der Waals surface area contributed by atoms with Crippen molar-refractivity contribution in [2.24, 2.45) is 0 Å². The first kappa shape index (κ1) is 13.4. The highest BCUT2D eigenvalue weighted by molar-refractivity contribution is 7.80. The average Bonchev–Trinajstić information content (AvgIpc) is 2.35. The lowest BCUT2D eigenvalue weighted by Gasteiger charge is -2.37. The molecule has 1 saturated heterocycles. The van der Waals surface area contributed by atoms with E-state index in [1.165, 1.54) is 18.2 Å². The predicted molar refractivity (Wildman–Crippen MR) is 71.6 cm³/mol. The topological polar surface area (TPSA) is 23.6 Å². The molecule has 3 nitrogen and oxygen atoms in total. The second-order valence-corrected chi connectivity index (χ2v) is 5.23. The van der Waals surface area contributed by atoms with E-state index in [4.69, 9.17) is 0 Å². The number of carbonyl (C=O) groups is 1. The molecule has 0 bridgehead atoms. The largest absolute Gasteiger partial charge is 0.336 e. The molecule has 1 aliphatic heterocycles. The van der Waals surface area contributed by atoms with Crippen LogP contribution in [0.2, 0.25) is 0 Å². The highest BCUT2D eigenvalue weighted by atomic mass is 32.1. The highest BCUT2D eigenvalue weighted by Gasteiger charge is 2.25. The molecule has 98 valence electrons. The zero-order chi connectivity index (χ0) is 13.3. The summed E-state index contributed by atoms with van der Waals surface area (Å²) >= 11 is 4.00. The number of hydrogen-bond donors (Lipinski definition) is 1. The van der Waals surface area contributed by atoms with Crippen molar-refractivity contribution in [3.05, 3.63) is 29.6 Å². The molecule has 0 saturated carbocycles. The van der Waals surface area contributed by atoms with Crippen LogP contribution in [0.1, 0.15) is 17.3 Å². The molecule has 0 spiro atoms. The minimum atomic E-state index is -0.401. The summed E-state index contributed by atoms with van der Waals surface area (Å²) in [5.74, 6) is -0.452. The number of benzene rings is 1. The van der Waals surface area contributed by atoms with Gasteiger partial charge in [-0.15, -0.1) is 12.6 Å². The Kier molecular flexibility index (Phi) is 3.92. The monoisotopic (exact) mass is 268 g/mol. The van der Waals surface area contributed by atoms with Crippen LogP contribution in [0.25, 0.3) is 0 Å². The molecule has 1 heterocycles. The van der Waals surface area contributed by atoms with Crippen molar-refractivity contribution in [3.63, 3.8) is 0 Å². The summed E-state index contributed by atoms with van der Waals surface area (Å²) in [6.07, 6.45) is 0. The lowest BCUT2D eigenvalue weighted by atomic mass is 10.1. The summed E-state index contributed by atoms with van der Waals surface area (Å²) in [6, 6.07) is 4.64. The van der Waals surface area contributed by atoms with Crippen molar-refractivity contribution < 1.29 is 9.18 Å². The Balaban J connectivity index is 2.14. The number of carbonyl (C=O) groups excluding carboxylic acids is 1. The van der Waals surface area contributed by atoms with Gasteiger partial charge in [-0.2, -0.15) is 0 Å². The molecule has 0 N–H and O–H groups in total. The van der Waals surface area contributed by atoms with Gasteiger partial charge in [0.2, 0.25) is 0 Å². The van der Waals surface area contributed by atoms with E-state index in [9.17, 15) is 9.18 Å². The summed E-state index contributed by atoms with van der Waals surface area (Å²) in [4.78, 5) is 16.5. The standard InChI is InChI=1S/C13H17FN2OS/c1-9-8-16(6-5-15(9)2)13(17)10-3-4-11(14)12(18)7-10/h3-4,7,9,18H,5-6,8H2,1-2H3. The van der Waals surface area contributed by atoms with Gasteiger partial charge >= 0.3 is 0 Å². The van der Waals surface area contributed by atoms with Crippen molar-refractivity contribution in [1.29, 1.82) is 0 Å². The molecule has 0 aliphatic carbocycles. The minimum Gasteiger partial charge on any atom is -0.336 e. The van der Waals surface area contributed by atoms with Crippen molar-refractivity contribution >= 4 is 18.5 Å². The van der Waals surface area contributed by atoms with E-state index in [0.29, 0.717) is 24.7 Å². The van der Waals surface area contributed by atoms with Gasteiger partial charge in [-0.25, -0.2) is 4.39 Å². The summed E-state index contributed by atoms with van der Waals surface area (Å²) in [5, 5.41) is 0. The van der Waals surface area contributed by atoms with Crippen LogP contribution in [0.4, 0.5) is 4.39 Å². The van der Waals surface area contributed by atoms with Crippen LogP contribution in [0, 0.1) is 5.82 Å². The Bertz CT molecular complexity index is 466. The van der Waals surface area contributed by atoms with Crippen LogP contribution in [-0.2, 0) is 0 Å². The number of thiol groups is 1. The number of likely N-dealkylation sites (N-methyl/N-ethyl adjacent to an activating group) is 1. The molecular weight excluding hydrogens is 251 g/mol. The Morgan fingerprint density at radius 3 is 2.78 bits per heavy atom. The lowest BCUT2D eigenvalue weighted by molar-refractivity contribution is 0.0572.